The molecule has 1 aliphatic heterocycles. The number of aromatic nitrogens is 1. The third-order valence-corrected chi connectivity index (χ3v) is 4.50. The Morgan fingerprint density at radius 2 is 2.28 bits per heavy atom. The van der Waals surface area contributed by atoms with E-state index in [0.717, 1.165) is 51.0 Å². The molecule has 18 heavy (non-hydrogen) atoms. The average Bonchev–Trinajstić information content (AvgIpc) is 2.85. The first kappa shape index (κ1) is 13.5. The number of aliphatic carboxylic acids is 1. The van der Waals surface area contributed by atoms with E-state index in [1.165, 1.54) is 0 Å². The average molecular weight is 268 g/mol. The number of carbonyl (C=O) groups is 1. The Morgan fingerprint density at radius 1 is 1.56 bits per heavy atom. The van der Waals surface area contributed by atoms with E-state index in [-0.39, 0.29) is 0 Å². The summed E-state index contributed by atoms with van der Waals surface area (Å²) < 4.78 is 0. The van der Waals surface area contributed by atoms with Crippen LogP contribution in [0.3, 0.4) is 0 Å². The third kappa shape index (κ3) is 2.90. The molecule has 0 radical (unpaired) electrons. The molecule has 2 heterocycles. The molecule has 1 fully saturated rings. The molecule has 100 valence electrons. The second-order valence-electron chi connectivity index (χ2n) is 5.09. The normalized spacial score (nSPS) is 19.8. The van der Waals surface area contributed by atoms with E-state index in [1.54, 1.807) is 11.3 Å². The van der Waals surface area contributed by atoms with Crippen molar-refractivity contribution in [3.8, 4) is 0 Å². The lowest BCUT2D eigenvalue weighted by Crippen LogP contribution is -2.44. The standard InChI is InChI=1S/C13H20N2O2S/c1-2-3-13(12(16)17)4-6-15(7-5-13)8-11-9-18-10-14-11/h9-10H,2-8H2,1H3,(H,16,17). The molecule has 1 saturated heterocycles. The molecule has 0 amide bonds. The van der Waals surface area contributed by atoms with Gasteiger partial charge in [-0.05, 0) is 32.4 Å². The summed E-state index contributed by atoms with van der Waals surface area (Å²) in [5.74, 6) is -0.613. The zero-order valence-corrected chi connectivity index (χ0v) is 11.6. The summed E-state index contributed by atoms with van der Waals surface area (Å²) in [6.45, 7) is 4.64. The molecule has 0 aromatic carbocycles. The summed E-state index contributed by atoms with van der Waals surface area (Å²) in [7, 11) is 0. The number of thiazole rings is 1. The van der Waals surface area contributed by atoms with Crippen molar-refractivity contribution in [2.75, 3.05) is 13.1 Å². The van der Waals surface area contributed by atoms with Gasteiger partial charge in [0.1, 0.15) is 0 Å². The number of nitrogens with zero attached hydrogens (tertiary/aromatic N) is 2. The van der Waals surface area contributed by atoms with Gasteiger partial charge in [-0.3, -0.25) is 9.69 Å². The molecule has 1 aliphatic rings. The second kappa shape index (κ2) is 5.80. The topological polar surface area (TPSA) is 53.4 Å². The quantitative estimate of drug-likeness (QED) is 0.892. The van der Waals surface area contributed by atoms with E-state index in [1.807, 2.05) is 5.51 Å². The van der Waals surface area contributed by atoms with Crippen molar-refractivity contribution in [2.45, 2.75) is 39.2 Å². The van der Waals surface area contributed by atoms with E-state index >= 15 is 0 Å². The number of piperidine rings is 1. The Morgan fingerprint density at radius 3 is 2.78 bits per heavy atom. The molecule has 2 rings (SSSR count). The molecule has 1 aromatic rings. The number of hydrogen-bond donors (Lipinski definition) is 1. The Labute approximate surface area is 112 Å². The molecule has 4 nitrogen and oxygen atoms in total. The second-order valence-corrected chi connectivity index (χ2v) is 5.81. The van der Waals surface area contributed by atoms with Crippen molar-refractivity contribution in [3.05, 3.63) is 16.6 Å². The van der Waals surface area contributed by atoms with Gasteiger partial charge in [0.05, 0.1) is 16.6 Å². The minimum absolute atomic E-state index is 0.479. The summed E-state index contributed by atoms with van der Waals surface area (Å²) in [6, 6.07) is 0. The van der Waals surface area contributed by atoms with Crippen LogP contribution in [0.25, 0.3) is 0 Å². The largest absolute Gasteiger partial charge is 0.481 e. The highest BCUT2D eigenvalue weighted by molar-refractivity contribution is 7.07. The first-order valence-corrected chi connectivity index (χ1v) is 7.43. The predicted octanol–water partition coefficient (Wildman–Crippen LogP) is 2.61. The summed E-state index contributed by atoms with van der Waals surface area (Å²) in [5.41, 5.74) is 2.46. The fourth-order valence-corrected chi connectivity index (χ4v) is 3.28. The molecule has 0 saturated carbocycles. The van der Waals surface area contributed by atoms with E-state index < -0.39 is 11.4 Å². The molecule has 0 atom stereocenters. The third-order valence-electron chi connectivity index (χ3n) is 3.86. The monoisotopic (exact) mass is 268 g/mol. The molecule has 1 N–H and O–H groups in total. The maximum Gasteiger partial charge on any atom is 0.309 e. The molecule has 0 bridgehead atoms. The molecule has 0 spiro atoms. The Kier molecular flexibility index (Phi) is 4.35. The fourth-order valence-electron chi connectivity index (χ4n) is 2.73. The Hall–Kier alpha value is -0.940. The van der Waals surface area contributed by atoms with Gasteiger partial charge in [0, 0.05) is 11.9 Å². The van der Waals surface area contributed by atoms with E-state index in [9.17, 15) is 9.90 Å². The van der Waals surface area contributed by atoms with Crippen LogP contribution in [0.15, 0.2) is 10.9 Å². The number of rotatable bonds is 5. The summed E-state index contributed by atoms with van der Waals surface area (Å²) in [6.07, 6.45) is 3.27. The minimum Gasteiger partial charge on any atom is -0.481 e. The molecular weight excluding hydrogens is 248 g/mol. The number of carboxylic acids is 1. The van der Waals surface area contributed by atoms with Crippen LogP contribution in [-0.2, 0) is 11.3 Å². The highest BCUT2D eigenvalue weighted by Crippen LogP contribution is 2.36. The van der Waals surface area contributed by atoms with Crippen molar-refractivity contribution < 1.29 is 9.90 Å². The van der Waals surface area contributed by atoms with Gasteiger partial charge in [0.25, 0.3) is 0 Å². The molecular formula is C13H20N2O2S. The predicted molar refractivity (Wildman–Crippen MR) is 71.6 cm³/mol. The zero-order valence-electron chi connectivity index (χ0n) is 10.8. The Balaban J connectivity index is 1.91. The maximum absolute atomic E-state index is 11.5. The summed E-state index contributed by atoms with van der Waals surface area (Å²) in [5, 5.41) is 11.5. The van der Waals surface area contributed by atoms with Crippen LogP contribution in [0.2, 0.25) is 0 Å². The molecule has 1 aromatic heterocycles. The Bertz CT molecular complexity index is 384. The number of likely N-dealkylation sites (tertiary alicyclic amines) is 1. The number of carboxylic acid groups (broad SMARTS) is 1. The van der Waals surface area contributed by atoms with Crippen LogP contribution in [-0.4, -0.2) is 34.0 Å². The lowest BCUT2D eigenvalue weighted by molar-refractivity contribution is -0.152. The van der Waals surface area contributed by atoms with Crippen molar-refractivity contribution in [1.82, 2.24) is 9.88 Å². The molecule has 0 unspecified atom stereocenters. The van der Waals surface area contributed by atoms with Crippen LogP contribution < -0.4 is 0 Å². The van der Waals surface area contributed by atoms with Gasteiger partial charge in [0.2, 0.25) is 0 Å². The van der Waals surface area contributed by atoms with Crippen LogP contribution in [0.5, 0.6) is 0 Å². The van der Waals surface area contributed by atoms with E-state index in [2.05, 4.69) is 22.2 Å². The zero-order chi connectivity index (χ0) is 13.0. The van der Waals surface area contributed by atoms with Crippen molar-refractivity contribution >= 4 is 17.3 Å². The van der Waals surface area contributed by atoms with Crippen LogP contribution >= 0.6 is 11.3 Å². The first-order chi connectivity index (χ1) is 8.66. The van der Waals surface area contributed by atoms with Gasteiger partial charge in [-0.25, -0.2) is 4.98 Å². The highest BCUT2D eigenvalue weighted by Gasteiger charge is 2.40. The van der Waals surface area contributed by atoms with Gasteiger partial charge >= 0.3 is 5.97 Å². The fraction of sp³-hybridized carbons (Fsp3) is 0.692. The lowest BCUT2D eigenvalue weighted by atomic mass is 9.75. The summed E-state index contributed by atoms with van der Waals surface area (Å²) >= 11 is 1.61. The highest BCUT2D eigenvalue weighted by atomic mass is 32.1. The van der Waals surface area contributed by atoms with Gasteiger partial charge < -0.3 is 5.11 Å². The number of hydrogen-bond acceptors (Lipinski definition) is 4. The SMILES string of the molecule is CCCC1(C(=O)O)CCN(Cc2cscn2)CC1. The van der Waals surface area contributed by atoms with E-state index in [0.29, 0.717) is 0 Å². The van der Waals surface area contributed by atoms with Crippen molar-refractivity contribution in [2.24, 2.45) is 5.41 Å². The molecule has 0 aliphatic carbocycles. The van der Waals surface area contributed by atoms with Gasteiger partial charge in [-0.15, -0.1) is 11.3 Å². The molecule has 5 heteroatoms. The van der Waals surface area contributed by atoms with Gasteiger partial charge in [0.15, 0.2) is 0 Å². The van der Waals surface area contributed by atoms with Gasteiger partial charge in [-0.1, -0.05) is 13.3 Å². The minimum atomic E-state index is -0.613. The van der Waals surface area contributed by atoms with Crippen molar-refractivity contribution in [3.63, 3.8) is 0 Å². The van der Waals surface area contributed by atoms with Crippen LogP contribution in [0.4, 0.5) is 0 Å². The van der Waals surface area contributed by atoms with Crippen LogP contribution in [0, 0.1) is 5.41 Å². The lowest BCUT2D eigenvalue weighted by Gasteiger charge is -2.38. The smallest absolute Gasteiger partial charge is 0.309 e. The van der Waals surface area contributed by atoms with E-state index in [4.69, 9.17) is 0 Å². The van der Waals surface area contributed by atoms with Gasteiger partial charge in [-0.2, -0.15) is 0 Å². The van der Waals surface area contributed by atoms with Crippen molar-refractivity contribution in [1.29, 1.82) is 0 Å². The first-order valence-electron chi connectivity index (χ1n) is 6.49. The summed E-state index contributed by atoms with van der Waals surface area (Å²) in [4.78, 5) is 18.1. The maximum atomic E-state index is 11.5. The van der Waals surface area contributed by atoms with Crippen LogP contribution in [0.1, 0.15) is 38.3 Å².